The molecule has 0 N–H and O–H groups in total. The van der Waals surface area contributed by atoms with Crippen LogP contribution < -0.4 is 9.80 Å². The minimum Gasteiger partial charge on any atom is -0.306 e. The van der Waals surface area contributed by atoms with Gasteiger partial charge < -0.3 is 9.80 Å². The number of hydrogen-bond acceptors (Lipinski definition) is 8. The van der Waals surface area contributed by atoms with Gasteiger partial charge in [-0.1, -0.05) is 52.4 Å². The zero-order chi connectivity index (χ0) is 27.4. The van der Waals surface area contributed by atoms with E-state index >= 15 is 0 Å². The summed E-state index contributed by atoms with van der Waals surface area (Å²) in [5.74, 6) is -0.757. The topological polar surface area (TPSA) is 136 Å². The standard InChI is InChI=1S/C28H26N6O2S2/c1-3-5-7-9-11-33-23-17(13-29)19(15-31)37-25(23)21(27(33)35)22-26-24(18(14-30)20(16-32)38-26)34(28(22)36)12-10-8-6-4-2/h3-12H2,1-2H3/b22-21+. The van der Waals surface area contributed by atoms with Crippen LogP contribution in [0.2, 0.25) is 0 Å². The van der Waals surface area contributed by atoms with E-state index in [9.17, 15) is 30.6 Å². The van der Waals surface area contributed by atoms with Crippen molar-refractivity contribution in [2.24, 2.45) is 0 Å². The van der Waals surface area contributed by atoms with Gasteiger partial charge in [0.25, 0.3) is 11.8 Å². The Kier molecular flexibility index (Phi) is 8.28. The lowest BCUT2D eigenvalue weighted by molar-refractivity contribution is -0.114. The molecule has 0 saturated carbocycles. The van der Waals surface area contributed by atoms with Crippen molar-refractivity contribution in [2.45, 2.75) is 65.2 Å². The third-order valence-corrected chi connectivity index (χ3v) is 9.03. The number of carbonyl (C=O) groups is 2. The first-order valence-electron chi connectivity index (χ1n) is 12.8. The zero-order valence-corrected chi connectivity index (χ0v) is 23.0. The fourth-order valence-electron chi connectivity index (χ4n) is 4.99. The Balaban J connectivity index is 1.91. The summed E-state index contributed by atoms with van der Waals surface area (Å²) in [7, 11) is 0. The van der Waals surface area contributed by atoms with E-state index in [1.807, 2.05) is 0 Å². The average Bonchev–Trinajstić information content (AvgIpc) is 3.61. The van der Waals surface area contributed by atoms with Gasteiger partial charge in [0.1, 0.15) is 45.2 Å². The zero-order valence-electron chi connectivity index (χ0n) is 21.4. The Morgan fingerprint density at radius 3 is 1.32 bits per heavy atom. The molecule has 0 aliphatic carbocycles. The second-order valence-corrected chi connectivity index (χ2v) is 11.2. The molecule has 2 aliphatic rings. The number of amides is 2. The molecular weight excluding hydrogens is 516 g/mol. The van der Waals surface area contributed by atoms with Crippen LogP contribution in [0.25, 0.3) is 11.1 Å². The van der Waals surface area contributed by atoms with Crippen LogP contribution in [0.3, 0.4) is 0 Å². The predicted molar refractivity (Wildman–Crippen MR) is 147 cm³/mol. The molecule has 2 aromatic rings. The molecule has 38 heavy (non-hydrogen) atoms. The normalized spacial score (nSPS) is 15.7. The number of nitriles is 4. The molecule has 2 aliphatic heterocycles. The van der Waals surface area contributed by atoms with E-state index in [4.69, 9.17) is 0 Å². The number of carbonyl (C=O) groups excluding carboxylic acids is 2. The van der Waals surface area contributed by atoms with Gasteiger partial charge in [-0.25, -0.2) is 0 Å². The molecule has 4 heterocycles. The third-order valence-electron chi connectivity index (χ3n) is 6.83. The molecule has 0 radical (unpaired) electrons. The average molecular weight is 543 g/mol. The van der Waals surface area contributed by atoms with Gasteiger partial charge in [-0.2, -0.15) is 21.0 Å². The molecule has 4 rings (SSSR count). The fraction of sp³-hybridized carbons (Fsp3) is 0.429. The molecule has 0 unspecified atom stereocenters. The summed E-state index contributed by atoms with van der Waals surface area (Å²) in [4.78, 5) is 32.2. The number of rotatable bonds is 10. The first kappa shape index (κ1) is 27.1. The molecule has 0 aromatic carbocycles. The van der Waals surface area contributed by atoms with E-state index in [0.717, 1.165) is 74.0 Å². The number of anilines is 2. The van der Waals surface area contributed by atoms with Crippen molar-refractivity contribution in [1.82, 2.24) is 0 Å². The summed E-state index contributed by atoms with van der Waals surface area (Å²) in [6.45, 7) is 4.93. The minimum absolute atomic E-state index is 0.149. The largest absolute Gasteiger partial charge is 0.306 e. The highest BCUT2D eigenvalue weighted by Crippen LogP contribution is 2.54. The molecule has 0 spiro atoms. The van der Waals surface area contributed by atoms with Crippen LogP contribution in [0.5, 0.6) is 0 Å². The number of nitrogens with zero attached hydrogens (tertiary/aromatic N) is 6. The van der Waals surface area contributed by atoms with Gasteiger partial charge in [0.05, 0.1) is 32.3 Å². The SMILES string of the molecule is CCCCCCN1C(=O)/C(=C2/C(=O)N(CCCCCC)c3c2sc(C#N)c3C#N)c2sc(C#N)c(C#N)c21. The van der Waals surface area contributed by atoms with Gasteiger partial charge in [0.15, 0.2) is 0 Å². The lowest BCUT2D eigenvalue weighted by Gasteiger charge is -2.18. The Morgan fingerprint density at radius 1 is 0.605 bits per heavy atom. The molecule has 0 saturated heterocycles. The number of fused-ring (bicyclic) bond motifs is 2. The fourth-order valence-corrected chi connectivity index (χ4v) is 7.18. The van der Waals surface area contributed by atoms with Crippen LogP contribution in [0.15, 0.2) is 0 Å². The van der Waals surface area contributed by atoms with Crippen molar-refractivity contribution in [1.29, 1.82) is 21.0 Å². The van der Waals surface area contributed by atoms with Crippen molar-refractivity contribution < 1.29 is 9.59 Å². The molecular formula is C28H26N6O2S2. The van der Waals surface area contributed by atoms with Crippen LogP contribution in [0, 0.1) is 45.3 Å². The summed E-state index contributed by atoms with van der Waals surface area (Å²) in [5, 5.41) is 39.1. The molecule has 2 amide bonds. The van der Waals surface area contributed by atoms with Gasteiger partial charge in [0.2, 0.25) is 0 Å². The van der Waals surface area contributed by atoms with Gasteiger partial charge in [-0.05, 0) is 12.8 Å². The summed E-state index contributed by atoms with van der Waals surface area (Å²) >= 11 is 2.09. The van der Waals surface area contributed by atoms with Crippen molar-refractivity contribution in [3.63, 3.8) is 0 Å². The summed E-state index contributed by atoms with van der Waals surface area (Å²) in [6, 6.07) is 8.32. The van der Waals surface area contributed by atoms with Gasteiger partial charge in [0, 0.05) is 13.1 Å². The highest BCUT2D eigenvalue weighted by atomic mass is 32.1. The molecule has 192 valence electrons. The van der Waals surface area contributed by atoms with E-state index < -0.39 is 0 Å². The lowest BCUT2D eigenvalue weighted by Crippen LogP contribution is -2.30. The van der Waals surface area contributed by atoms with Crippen LogP contribution in [0.4, 0.5) is 11.4 Å². The van der Waals surface area contributed by atoms with Gasteiger partial charge in [-0.15, -0.1) is 22.7 Å². The monoisotopic (exact) mass is 542 g/mol. The molecule has 8 nitrogen and oxygen atoms in total. The van der Waals surface area contributed by atoms with E-state index in [2.05, 4.69) is 38.1 Å². The Hall–Kier alpha value is -3.96. The minimum atomic E-state index is -0.378. The highest BCUT2D eigenvalue weighted by Gasteiger charge is 2.47. The van der Waals surface area contributed by atoms with Crippen molar-refractivity contribution in [2.75, 3.05) is 22.9 Å². The smallest absolute Gasteiger partial charge is 0.260 e. The van der Waals surface area contributed by atoms with E-state index in [-0.39, 0.29) is 43.8 Å². The molecule has 0 atom stereocenters. The Morgan fingerprint density at radius 2 is 1.00 bits per heavy atom. The van der Waals surface area contributed by atoms with Crippen LogP contribution in [-0.4, -0.2) is 24.9 Å². The summed E-state index contributed by atoms with van der Waals surface area (Å²) in [6.07, 6.45) is 7.36. The maximum Gasteiger partial charge on any atom is 0.260 e. The van der Waals surface area contributed by atoms with E-state index in [0.29, 0.717) is 34.2 Å². The van der Waals surface area contributed by atoms with Crippen LogP contribution >= 0.6 is 22.7 Å². The number of thiophene rings is 2. The van der Waals surface area contributed by atoms with E-state index in [1.165, 1.54) is 9.80 Å². The number of hydrogen-bond donors (Lipinski definition) is 0. The molecule has 0 fully saturated rings. The van der Waals surface area contributed by atoms with Crippen molar-refractivity contribution >= 4 is 57.0 Å². The molecule has 0 bridgehead atoms. The van der Waals surface area contributed by atoms with Crippen LogP contribution in [0.1, 0.15) is 95.8 Å². The molecule has 2 aromatic heterocycles. The Labute approximate surface area is 230 Å². The predicted octanol–water partition coefficient (Wildman–Crippen LogP) is 6.06. The quantitative estimate of drug-likeness (QED) is 0.264. The van der Waals surface area contributed by atoms with Crippen molar-refractivity contribution in [3.05, 3.63) is 30.6 Å². The van der Waals surface area contributed by atoms with Gasteiger partial charge >= 0.3 is 0 Å². The first-order valence-corrected chi connectivity index (χ1v) is 14.4. The third kappa shape index (κ3) is 4.37. The maximum atomic E-state index is 13.9. The summed E-state index contributed by atoms with van der Waals surface area (Å²) in [5.41, 5.74) is 1.41. The Bertz CT molecular complexity index is 1390. The second-order valence-electron chi connectivity index (χ2n) is 9.20. The van der Waals surface area contributed by atoms with Gasteiger partial charge in [-0.3, -0.25) is 9.59 Å². The maximum absolute atomic E-state index is 13.9. The first-order chi connectivity index (χ1) is 18.5. The number of unbranched alkanes of at least 4 members (excludes halogenated alkanes) is 6. The molecule has 10 heteroatoms. The lowest BCUT2D eigenvalue weighted by atomic mass is 10.1. The van der Waals surface area contributed by atoms with Crippen molar-refractivity contribution in [3.8, 4) is 24.3 Å². The summed E-state index contributed by atoms with van der Waals surface area (Å²) < 4.78 is 0. The highest BCUT2D eigenvalue weighted by molar-refractivity contribution is 7.17. The second kappa shape index (κ2) is 11.6. The van der Waals surface area contributed by atoms with Crippen LogP contribution in [-0.2, 0) is 9.59 Å². The van der Waals surface area contributed by atoms with E-state index in [1.54, 1.807) is 0 Å².